The first-order valence-corrected chi connectivity index (χ1v) is 5.94. The van der Waals surface area contributed by atoms with Gasteiger partial charge in [0.15, 0.2) is 4.24 Å². The van der Waals surface area contributed by atoms with Crippen LogP contribution in [0.5, 0.6) is 0 Å². The highest BCUT2D eigenvalue weighted by molar-refractivity contribution is 8.15. The van der Waals surface area contributed by atoms with Crippen LogP contribution in [0.4, 0.5) is 26.3 Å². The minimum Gasteiger partial charge on any atom is -0.214 e. The summed E-state index contributed by atoms with van der Waals surface area (Å²) in [7, 11) is -13.2. The molecule has 0 aliphatic rings. The first kappa shape index (κ1) is 15.2. The van der Waals surface area contributed by atoms with Gasteiger partial charge in [0, 0.05) is 0 Å². The third-order valence-corrected chi connectivity index (χ3v) is 4.94. The maximum Gasteiger partial charge on any atom is 0.502 e. The Kier molecular flexibility index (Phi) is 3.44. The Morgan fingerprint density at radius 1 is 0.750 bits per heavy atom. The van der Waals surface area contributed by atoms with E-state index in [-0.39, 0.29) is 0 Å². The number of halogens is 6. The molecule has 0 heterocycles. The second-order valence-electron chi connectivity index (χ2n) is 2.27. The van der Waals surface area contributed by atoms with Gasteiger partial charge in [-0.15, -0.1) is 0 Å². The lowest BCUT2D eigenvalue weighted by atomic mass is 11.2. The van der Waals surface area contributed by atoms with E-state index in [4.69, 9.17) is 0 Å². The molecule has 0 spiro atoms. The lowest BCUT2D eigenvalue weighted by molar-refractivity contribution is -0.0443. The fourth-order valence-electron chi connectivity index (χ4n) is 0.403. The van der Waals surface area contributed by atoms with Crippen LogP contribution in [0.1, 0.15) is 0 Å². The summed E-state index contributed by atoms with van der Waals surface area (Å²) in [6.45, 7) is 1.82. The zero-order valence-corrected chi connectivity index (χ0v) is 8.56. The van der Waals surface area contributed by atoms with Crippen molar-refractivity contribution >= 4 is 19.7 Å². The topological polar surface area (TPSA) is 68.3 Å². The second kappa shape index (κ2) is 3.61. The van der Waals surface area contributed by atoms with Crippen LogP contribution in [0.3, 0.4) is 0 Å². The number of alkyl halides is 6. The molecule has 0 N–H and O–H groups in total. The third-order valence-electron chi connectivity index (χ3n) is 1.21. The smallest absolute Gasteiger partial charge is 0.214 e. The highest BCUT2D eigenvalue weighted by Crippen LogP contribution is 2.37. The molecule has 0 aromatic carbocycles. The molecule has 0 fully saturated rings. The van der Waals surface area contributed by atoms with E-state index in [0.29, 0.717) is 0 Å². The molecule has 0 rings (SSSR count). The first-order valence-electron chi connectivity index (χ1n) is 2.97. The second-order valence-corrected chi connectivity index (χ2v) is 6.45. The minimum atomic E-state index is -6.62. The van der Waals surface area contributed by atoms with Gasteiger partial charge in [0.25, 0.3) is 19.7 Å². The summed E-state index contributed by atoms with van der Waals surface area (Å²) in [4.78, 5) is 0. The van der Waals surface area contributed by atoms with E-state index in [0.717, 1.165) is 0 Å². The lowest BCUT2D eigenvalue weighted by Crippen LogP contribution is -2.33. The molecule has 96 valence electrons. The van der Waals surface area contributed by atoms with Crippen LogP contribution in [0.2, 0.25) is 0 Å². The highest BCUT2D eigenvalue weighted by atomic mass is 32.3. The van der Waals surface area contributed by atoms with Gasteiger partial charge >= 0.3 is 11.0 Å². The summed E-state index contributed by atoms with van der Waals surface area (Å²) in [5.41, 5.74) is -12.3. The molecule has 0 atom stereocenters. The van der Waals surface area contributed by atoms with Crippen molar-refractivity contribution in [2.75, 3.05) is 0 Å². The predicted octanol–water partition coefficient (Wildman–Crippen LogP) is 1.33. The van der Waals surface area contributed by atoms with Gasteiger partial charge in [0.2, 0.25) is 0 Å². The fraction of sp³-hybridized carbons (Fsp3) is 0.500. The summed E-state index contributed by atoms with van der Waals surface area (Å²) in [5, 5.41) is 0. The number of sulfone groups is 2. The molecule has 0 saturated carbocycles. The Labute approximate surface area is 85.4 Å². The normalized spacial score (nSPS) is 14.9. The largest absolute Gasteiger partial charge is 0.502 e. The Balaban J connectivity index is 5.81. The van der Waals surface area contributed by atoms with Crippen LogP contribution in [-0.4, -0.2) is 27.9 Å². The van der Waals surface area contributed by atoms with E-state index >= 15 is 0 Å². The van der Waals surface area contributed by atoms with Crippen LogP contribution < -0.4 is 0 Å². The average molecular weight is 292 g/mol. The summed E-state index contributed by atoms with van der Waals surface area (Å²) in [6, 6.07) is 0. The fourth-order valence-corrected chi connectivity index (χ4v) is 2.64. The van der Waals surface area contributed by atoms with Gasteiger partial charge < -0.3 is 0 Å². The van der Waals surface area contributed by atoms with Crippen LogP contribution in [0.25, 0.3) is 0 Å². The Morgan fingerprint density at radius 2 is 0.938 bits per heavy atom. The van der Waals surface area contributed by atoms with Crippen LogP contribution in [0.15, 0.2) is 10.8 Å². The quantitative estimate of drug-likeness (QED) is 0.720. The number of rotatable bonds is 2. The molecule has 0 bridgehead atoms. The van der Waals surface area contributed by atoms with Gasteiger partial charge in [0.1, 0.15) is 0 Å². The molecule has 0 amide bonds. The Hall–Kier alpha value is -0.780. The van der Waals surface area contributed by atoms with Crippen molar-refractivity contribution in [3.05, 3.63) is 10.8 Å². The number of hydrogen-bond acceptors (Lipinski definition) is 4. The van der Waals surface area contributed by atoms with Crippen molar-refractivity contribution in [2.45, 2.75) is 11.0 Å². The van der Waals surface area contributed by atoms with Crippen molar-refractivity contribution in [3.63, 3.8) is 0 Å². The van der Waals surface area contributed by atoms with Crippen LogP contribution in [-0.2, 0) is 19.7 Å². The van der Waals surface area contributed by atoms with E-state index in [1.807, 2.05) is 6.58 Å². The van der Waals surface area contributed by atoms with E-state index in [9.17, 15) is 43.2 Å². The van der Waals surface area contributed by atoms with Crippen LogP contribution in [0, 0.1) is 0 Å². The van der Waals surface area contributed by atoms with E-state index in [2.05, 4.69) is 0 Å². The third kappa shape index (κ3) is 2.31. The highest BCUT2D eigenvalue weighted by Gasteiger charge is 2.58. The summed E-state index contributed by atoms with van der Waals surface area (Å²) >= 11 is 0. The van der Waals surface area contributed by atoms with Gasteiger partial charge in [-0.25, -0.2) is 16.8 Å². The molecule has 0 radical (unpaired) electrons. The molecule has 0 unspecified atom stereocenters. The Bertz CT molecular complexity index is 446. The van der Waals surface area contributed by atoms with E-state index in [1.54, 1.807) is 0 Å². The van der Waals surface area contributed by atoms with Crippen molar-refractivity contribution in [1.29, 1.82) is 0 Å². The van der Waals surface area contributed by atoms with Gasteiger partial charge in [0.05, 0.1) is 0 Å². The lowest BCUT2D eigenvalue weighted by Gasteiger charge is -2.12. The van der Waals surface area contributed by atoms with Crippen molar-refractivity contribution in [3.8, 4) is 0 Å². The summed E-state index contributed by atoms with van der Waals surface area (Å²) < 4.78 is 109. The van der Waals surface area contributed by atoms with E-state index < -0.39 is 34.9 Å². The van der Waals surface area contributed by atoms with Gasteiger partial charge in [-0.05, 0) is 0 Å². The summed E-state index contributed by atoms with van der Waals surface area (Å²) in [6.07, 6.45) is 0. The SMILES string of the molecule is C=C(S(=O)(=O)C(F)(F)F)S(=O)(=O)C(F)(F)F. The predicted molar refractivity (Wildman–Crippen MR) is 39.1 cm³/mol. The standard InChI is InChI=1S/C4H2F6O4S2/c1-2(15(11,12)3(5,6)7)16(13,14)4(8,9)10/h1H2. The molecule has 0 aliphatic carbocycles. The van der Waals surface area contributed by atoms with E-state index in [1.165, 1.54) is 0 Å². The maximum absolute atomic E-state index is 11.7. The molecule has 16 heavy (non-hydrogen) atoms. The zero-order chi connectivity index (χ0) is 13.6. The maximum atomic E-state index is 11.7. The first-order chi connectivity index (χ1) is 6.65. The van der Waals surface area contributed by atoms with Gasteiger partial charge in [-0.1, -0.05) is 6.58 Å². The molecular weight excluding hydrogens is 290 g/mol. The molecule has 0 aromatic heterocycles. The Morgan fingerprint density at radius 3 is 1.06 bits per heavy atom. The number of hydrogen-bond donors (Lipinski definition) is 0. The molecule has 0 aliphatic heterocycles. The molecule has 0 saturated heterocycles. The van der Waals surface area contributed by atoms with Gasteiger partial charge in [-0.2, -0.15) is 26.3 Å². The molecular formula is C4H2F6O4S2. The monoisotopic (exact) mass is 292 g/mol. The summed E-state index contributed by atoms with van der Waals surface area (Å²) in [5.74, 6) is 0. The van der Waals surface area contributed by atoms with Crippen LogP contribution >= 0.6 is 0 Å². The molecule has 4 nitrogen and oxygen atoms in total. The minimum absolute atomic E-state index is 1.82. The van der Waals surface area contributed by atoms with Gasteiger partial charge in [-0.3, -0.25) is 0 Å². The van der Waals surface area contributed by atoms with Crippen molar-refractivity contribution in [1.82, 2.24) is 0 Å². The average Bonchev–Trinajstić information content (AvgIpc) is 1.98. The van der Waals surface area contributed by atoms with Crippen molar-refractivity contribution < 1.29 is 43.2 Å². The molecule has 12 heteroatoms. The van der Waals surface area contributed by atoms with Crippen molar-refractivity contribution in [2.24, 2.45) is 0 Å². The zero-order valence-electron chi connectivity index (χ0n) is 6.92. The molecule has 0 aromatic rings.